The molecule has 1 amide bonds. The van der Waals surface area contributed by atoms with E-state index < -0.39 is 11.9 Å². The Morgan fingerprint density at radius 1 is 1.35 bits per heavy atom. The molecule has 2 heterocycles. The van der Waals surface area contributed by atoms with Crippen LogP contribution in [0.4, 0.5) is 0 Å². The topological polar surface area (TPSA) is 48.0 Å². The van der Waals surface area contributed by atoms with Crippen LogP contribution in [-0.2, 0) is 25.6 Å². The molecule has 26 heavy (non-hydrogen) atoms. The lowest BCUT2D eigenvalue weighted by Gasteiger charge is -2.31. The number of carbonyl (C=O) groups is 1. The van der Waals surface area contributed by atoms with Gasteiger partial charge in [-0.25, -0.2) is 0 Å². The maximum Gasteiger partial charge on any atom is 0.252 e. The van der Waals surface area contributed by atoms with Crippen LogP contribution in [0.5, 0.6) is 0 Å². The normalized spacial score (nSPS) is 24.4. The molecule has 0 N–H and O–H groups in total. The number of ether oxygens (including phenoxy) is 3. The first-order valence-electron chi connectivity index (χ1n) is 9.39. The van der Waals surface area contributed by atoms with Crippen molar-refractivity contribution in [3.05, 3.63) is 48.6 Å². The fraction of sp³-hybridized carbons (Fsp3) is 0.571. The number of likely N-dealkylation sites (tertiary alicyclic amines) is 1. The first kappa shape index (κ1) is 19.1. The van der Waals surface area contributed by atoms with Gasteiger partial charge in [0.25, 0.3) is 5.91 Å². The molecule has 1 aromatic rings. The highest BCUT2D eigenvalue weighted by atomic mass is 16.7. The predicted molar refractivity (Wildman–Crippen MR) is 99.4 cm³/mol. The number of amides is 1. The zero-order chi connectivity index (χ0) is 18.6. The van der Waals surface area contributed by atoms with E-state index in [1.165, 1.54) is 0 Å². The molecule has 0 radical (unpaired) electrons. The fourth-order valence-corrected chi connectivity index (χ4v) is 3.60. The van der Waals surface area contributed by atoms with Crippen molar-refractivity contribution in [2.75, 3.05) is 19.7 Å². The third-order valence-electron chi connectivity index (χ3n) is 5.01. The Morgan fingerprint density at radius 2 is 2.04 bits per heavy atom. The summed E-state index contributed by atoms with van der Waals surface area (Å²) in [6, 6.07) is 9.90. The highest BCUT2D eigenvalue weighted by molar-refractivity contribution is 5.82. The van der Waals surface area contributed by atoms with Crippen molar-refractivity contribution in [3.63, 3.8) is 0 Å². The second-order valence-electron chi connectivity index (χ2n) is 7.43. The molecule has 0 aliphatic carbocycles. The highest BCUT2D eigenvalue weighted by Gasteiger charge is 2.43. The maximum absolute atomic E-state index is 13.1. The van der Waals surface area contributed by atoms with E-state index >= 15 is 0 Å². The summed E-state index contributed by atoms with van der Waals surface area (Å²) >= 11 is 0. The summed E-state index contributed by atoms with van der Waals surface area (Å²) in [4.78, 5) is 15.0. The number of hydrogen-bond donors (Lipinski definition) is 0. The van der Waals surface area contributed by atoms with Gasteiger partial charge < -0.3 is 19.1 Å². The van der Waals surface area contributed by atoms with Gasteiger partial charge in [-0.2, -0.15) is 0 Å². The van der Waals surface area contributed by atoms with Crippen LogP contribution < -0.4 is 0 Å². The molecule has 2 aliphatic rings. The maximum atomic E-state index is 13.1. The summed E-state index contributed by atoms with van der Waals surface area (Å²) in [6.07, 6.45) is 3.01. The average Bonchev–Trinajstić information content (AvgIpc) is 3.28. The van der Waals surface area contributed by atoms with Gasteiger partial charge in [0.15, 0.2) is 5.79 Å². The van der Waals surface area contributed by atoms with Crippen molar-refractivity contribution in [1.29, 1.82) is 0 Å². The summed E-state index contributed by atoms with van der Waals surface area (Å²) in [5.41, 5.74) is 1.04. The van der Waals surface area contributed by atoms with Crippen LogP contribution in [0, 0.1) is 5.92 Å². The van der Waals surface area contributed by atoms with E-state index in [0.29, 0.717) is 13.2 Å². The highest BCUT2D eigenvalue weighted by Crippen LogP contribution is 2.31. The lowest BCUT2D eigenvalue weighted by atomic mass is 9.94. The van der Waals surface area contributed by atoms with Crippen LogP contribution in [-0.4, -0.2) is 48.5 Å². The van der Waals surface area contributed by atoms with Gasteiger partial charge in [-0.05, 0) is 32.3 Å². The summed E-state index contributed by atoms with van der Waals surface area (Å²) in [7, 11) is 0. The van der Waals surface area contributed by atoms with Crippen molar-refractivity contribution in [1.82, 2.24) is 4.90 Å². The van der Waals surface area contributed by atoms with E-state index in [1.54, 1.807) is 6.08 Å². The molecule has 0 spiro atoms. The Hall–Kier alpha value is -1.69. The third kappa shape index (κ3) is 4.53. The lowest BCUT2D eigenvalue weighted by molar-refractivity contribution is -0.161. The molecule has 3 atom stereocenters. The van der Waals surface area contributed by atoms with Crippen LogP contribution in [0.1, 0.15) is 32.3 Å². The van der Waals surface area contributed by atoms with Crippen molar-refractivity contribution < 1.29 is 19.0 Å². The van der Waals surface area contributed by atoms with Gasteiger partial charge in [0.1, 0.15) is 6.10 Å². The van der Waals surface area contributed by atoms with Gasteiger partial charge in [-0.15, -0.1) is 6.58 Å². The van der Waals surface area contributed by atoms with E-state index in [4.69, 9.17) is 14.2 Å². The number of nitrogens with zero attached hydrogens (tertiary/aromatic N) is 1. The minimum absolute atomic E-state index is 0.0247. The van der Waals surface area contributed by atoms with E-state index in [-0.39, 0.29) is 17.9 Å². The number of carbonyl (C=O) groups excluding carboxylic acids is 1. The molecule has 5 heteroatoms. The SMILES string of the molecule is C=C[C@H]([C@H]1COC(C)(C)O1)[C@@H](OCc1ccccc1)C(=O)N1CCCC1. The Morgan fingerprint density at radius 3 is 2.62 bits per heavy atom. The van der Waals surface area contributed by atoms with Crippen LogP contribution in [0.15, 0.2) is 43.0 Å². The third-order valence-corrected chi connectivity index (χ3v) is 5.01. The standard InChI is InChI=1S/C21H29NO4/c1-4-17(18-15-25-21(2,3)26-18)19(20(23)22-12-8-9-13-22)24-14-16-10-6-5-7-11-16/h4-7,10-11,17-19H,1,8-9,12-15H2,2-3H3/t17-,18-,19-/m1/s1. The molecule has 3 rings (SSSR count). The average molecular weight is 359 g/mol. The zero-order valence-corrected chi connectivity index (χ0v) is 15.7. The number of rotatable bonds is 7. The quantitative estimate of drug-likeness (QED) is 0.702. The molecular formula is C21H29NO4. The minimum Gasteiger partial charge on any atom is -0.363 e. The molecule has 0 aromatic heterocycles. The smallest absolute Gasteiger partial charge is 0.252 e. The molecule has 142 valence electrons. The Labute approximate surface area is 155 Å². The Bertz CT molecular complexity index is 610. The molecule has 5 nitrogen and oxygen atoms in total. The second kappa shape index (κ2) is 8.33. The van der Waals surface area contributed by atoms with Crippen LogP contribution in [0.3, 0.4) is 0 Å². The molecule has 2 saturated heterocycles. The molecule has 1 aromatic carbocycles. The zero-order valence-electron chi connectivity index (χ0n) is 15.7. The van der Waals surface area contributed by atoms with Crippen LogP contribution in [0.2, 0.25) is 0 Å². The van der Waals surface area contributed by atoms with E-state index in [1.807, 2.05) is 49.1 Å². The van der Waals surface area contributed by atoms with E-state index in [2.05, 4.69) is 6.58 Å². The first-order chi connectivity index (χ1) is 12.5. The van der Waals surface area contributed by atoms with Gasteiger partial charge in [-0.3, -0.25) is 4.79 Å². The molecule has 2 fully saturated rings. The van der Waals surface area contributed by atoms with Crippen molar-refractivity contribution in [3.8, 4) is 0 Å². The Kier molecular flexibility index (Phi) is 6.12. The first-order valence-corrected chi connectivity index (χ1v) is 9.39. The van der Waals surface area contributed by atoms with Gasteiger partial charge in [0, 0.05) is 19.0 Å². The summed E-state index contributed by atoms with van der Waals surface area (Å²) in [5, 5.41) is 0. The summed E-state index contributed by atoms with van der Waals surface area (Å²) in [6.45, 7) is 10.1. The van der Waals surface area contributed by atoms with Gasteiger partial charge in [0.05, 0.1) is 19.3 Å². The largest absolute Gasteiger partial charge is 0.363 e. The van der Waals surface area contributed by atoms with Crippen LogP contribution in [0.25, 0.3) is 0 Å². The summed E-state index contributed by atoms with van der Waals surface area (Å²) in [5.74, 6) is -0.878. The van der Waals surface area contributed by atoms with Crippen molar-refractivity contribution >= 4 is 5.91 Å². The molecule has 2 aliphatic heterocycles. The van der Waals surface area contributed by atoms with Gasteiger partial charge >= 0.3 is 0 Å². The van der Waals surface area contributed by atoms with Crippen molar-refractivity contribution in [2.45, 2.75) is 51.3 Å². The summed E-state index contributed by atoms with van der Waals surface area (Å²) < 4.78 is 17.8. The molecule has 0 saturated carbocycles. The van der Waals surface area contributed by atoms with Crippen LogP contribution >= 0.6 is 0 Å². The van der Waals surface area contributed by atoms with Gasteiger partial charge in [0.2, 0.25) is 0 Å². The Balaban J connectivity index is 1.76. The molecule has 0 unspecified atom stereocenters. The van der Waals surface area contributed by atoms with E-state index in [0.717, 1.165) is 31.5 Å². The van der Waals surface area contributed by atoms with Gasteiger partial charge in [-0.1, -0.05) is 36.4 Å². The second-order valence-corrected chi connectivity index (χ2v) is 7.43. The van der Waals surface area contributed by atoms with Crippen molar-refractivity contribution in [2.24, 2.45) is 5.92 Å². The monoisotopic (exact) mass is 359 g/mol. The fourth-order valence-electron chi connectivity index (χ4n) is 3.60. The number of benzene rings is 1. The molecule has 0 bridgehead atoms. The lowest BCUT2D eigenvalue weighted by Crippen LogP contribution is -2.46. The minimum atomic E-state index is -0.646. The predicted octanol–water partition coefficient (Wildman–Crippen LogP) is 3.15. The number of hydrogen-bond acceptors (Lipinski definition) is 4. The van der Waals surface area contributed by atoms with E-state index in [9.17, 15) is 4.79 Å². The molecular weight excluding hydrogens is 330 g/mol.